The van der Waals surface area contributed by atoms with Crippen LogP contribution < -0.4 is 5.73 Å². The van der Waals surface area contributed by atoms with Crippen LogP contribution >= 0.6 is 0 Å². The van der Waals surface area contributed by atoms with Crippen molar-refractivity contribution in [3.05, 3.63) is 35.8 Å². The first-order valence-corrected chi connectivity index (χ1v) is 4.98. The molecule has 0 unspecified atom stereocenters. The largest absolute Gasteiger partial charge is 0.464 e. The van der Waals surface area contributed by atoms with E-state index in [9.17, 15) is 4.79 Å². The van der Waals surface area contributed by atoms with Gasteiger partial charge in [-0.05, 0) is 18.6 Å². The third-order valence-corrected chi connectivity index (χ3v) is 2.25. The van der Waals surface area contributed by atoms with Crippen molar-refractivity contribution < 1.29 is 9.53 Å². The van der Waals surface area contributed by atoms with Crippen LogP contribution in [0.2, 0.25) is 0 Å². The number of anilines is 1. The van der Waals surface area contributed by atoms with Gasteiger partial charge in [-0.25, -0.2) is 14.5 Å². The zero-order chi connectivity index (χ0) is 12.4. The molecule has 2 aromatic heterocycles. The summed E-state index contributed by atoms with van der Waals surface area (Å²) in [4.78, 5) is 15.5. The third-order valence-electron chi connectivity index (χ3n) is 2.25. The number of methoxy groups -OCH3 is 1. The molecular weight excluding hydrogens is 220 g/mol. The average molecular weight is 232 g/mol. The standard InChI is InChI=1S/C11H12N4O2/c1-7-3-4-9(13-5-7)15-6-8(12)10(14-15)11(16)17-2/h3-6H,12H2,1-2H3. The van der Waals surface area contributed by atoms with Crippen LogP contribution in [0.1, 0.15) is 16.1 Å². The van der Waals surface area contributed by atoms with Gasteiger partial charge in [0.05, 0.1) is 19.0 Å². The van der Waals surface area contributed by atoms with Crippen molar-refractivity contribution in [1.82, 2.24) is 14.8 Å². The lowest BCUT2D eigenvalue weighted by Crippen LogP contribution is -2.06. The second-order valence-electron chi connectivity index (χ2n) is 3.56. The number of aryl methyl sites for hydroxylation is 1. The molecule has 0 saturated heterocycles. The van der Waals surface area contributed by atoms with E-state index >= 15 is 0 Å². The molecule has 2 aromatic rings. The summed E-state index contributed by atoms with van der Waals surface area (Å²) >= 11 is 0. The van der Waals surface area contributed by atoms with Gasteiger partial charge in [0.25, 0.3) is 0 Å². The zero-order valence-corrected chi connectivity index (χ0v) is 9.54. The van der Waals surface area contributed by atoms with Crippen LogP contribution in [0.15, 0.2) is 24.5 Å². The fraction of sp³-hybridized carbons (Fsp3) is 0.182. The highest BCUT2D eigenvalue weighted by atomic mass is 16.5. The average Bonchev–Trinajstić information content (AvgIpc) is 2.71. The van der Waals surface area contributed by atoms with Gasteiger partial charge in [0.15, 0.2) is 11.5 Å². The number of nitrogens with two attached hydrogens (primary N) is 1. The van der Waals surface area contributed by atoms with Crippen molar-refractivity contribution >= 4 is 11.7 Å². The molecule has 0 radical (unpaired) electrons. The van der Waals surface area contributed by atoms with Gasteiger partial charge in [0.1, 0.15) is 0 Å². The fourth-order valence-electron chi connectivity index (χ4n) is 1.36. The number of nitrogens with zero attached hydrogens (tertiary/aromatic N) is 3. The summed E-state index contributed by atoms with van der Waals surface area (Å²) in [7, 11) is 1.28. The second-order valence-corrected chi connectivity index (χ2v) is 3.56. The van der Waals surface area contributed by atoms with Crippen molar-refractivity contribution in [3.63, 3.8) is 0 Å². The van der Waals surface area contributed by atoms with Crippen molar-refractivity contribution in [2.75, 3.05) is 12.8 Å². The number of hydrogen-bond donors (Lipinski definition) is 1. The molecule has 2 rings (SSSR count). The van der Waals surface area contributed by atoms with Crippen LogP contribution in [0.3, 0.4) is 0 Å². The lowest BCUT2D eigenvalue weighted by atomic mass is 10.3. The second kappa shape index (κ2) is 4.25. The van der Waals surface area contributed by atoms with Crippen LogP contribution in [0, 0.1) is 6.92 Å². The molecule has 17 heavy (non-hydrogen) atoms. The van der Waals surface area contributed by atoms with Gasteiger partial charge in [0, 0.05) is 6.20 Å². The molecule has 2 heterocycles. The van der Waals surface area contributed by atoms with Crippen LogP contribution in [-0.2, 0) is 4.74 Å². The van der Waals surface area contributed by atoms with Crippen molar-refractivity contribution in [3.8, 4) is 5.82 Å². The number of carbonyl (C=O) groups is 1. The van der Waals surface area contributed by atoms with E-state index in [1.165, 1.54) is 18.0 Å². The van der Waals surface area contributed by atoms with Gasteiger partial charge < -0.3 is 10.5 Å². The molecule has 0 amide bonds. The molecule has 0 aliphatic rings. The van der Waals surface area contributed by atoms with Crippen LogP contribution in [-0.4, -0.2) is 27.8 Å². The number of esters is 1. The smallest absolute Gasteiger partial charge is 0.360 e. The van der Waals surface area contributed by atoms with E-state index in [-0.39, 0.29) is 11.4 Å². The number of aromatic nitrogens is 3. The fourth-order valence-corrected chi connectivity index (χ4v) is 1.36. The van der Waals surface area contributed by atoms with Gasteiger partial charge in [-0.3, -0.25) is 0 Å². The Morgan fingerprint density at radius 1 is 1.47 bits per heavy atom. The summed E-state index contributed by atoms with van der Waals surface area (Å²) < 4.78 is 6.02. The predicted octanol–water partition coefficient (Wildman–Crippen LogP) is 0.945. The summed E-state index contributed by atoms with van der Waals surface area (Å²) in [5.74, 6) is 0.0332. The molecule has 6 nitrogen and oxygen atoms in total. The molecule has 0 aliphatic heterocycles. The summed E-state index contributed by atoms with van der Waals surface area (Å²) in [5, 5.41) is 4.04. The minimum atomic E-state index is -0.562. The Kier molecular flexibility index (Phi) is 2.78. The number of pyridine rings is 1. The molecule has 0 aromatic carbocycles. The number of nitrogen functional groups attached to an aromatic ring is 1. The molecule has 0 bridgehead atoms. The van der Waals surface area contributed by atoms with Crippen molar-refractivity contribution in [2.45, 2.75) is 6.92 Å². The summed E-state index contributed by atoms with van der Waals surface area (Å²) in [6, 6.07) is 3.70. The number of carbonyl (C=O) groups excluding carboxylic acids is 1. The Morgan fingerprint density at radius 2 is 2.24 bits per heavy atom. The monoisotopic (exact) mass is 232 g/mol. The molecule has 0 spiro atoms. The first-order chi connectivity index (χ1) is 8.11. The quantitative estimate of drug-likeness (QED) is 0.779. The van der Waals surface area contributed by atoms with Crippen LogP contribution in [0.4, 0.5) is 5.69 Å². The van der Waals surface area contributed by atoms with Crippen LogP contribution in [0.5, 0.6) is 0 Å². The van der Waals surface area contributed by atoms with E-state index in [1.807, 2.05) is 13.0 Å². The molecule has 2 N–H and O–H groups in total. The molecular formula is C11H12N4O2. The number of hydrogen-bond acceptors (Lipinski definition) is 5. The Hall–Kier alpha value is -2.37. The maximum atomic E-state index is 11.3. The van der Waals surface area contributed by atoms with Gasteiger partial charge >= 0.3 is 5.97 Å². The Labute approximate surface area is 98.0 Å². The SMILES string of the molecule is COC(=O)c1nn(-c2ccc(C)cn2)cc1N. The Bertz CT molecular complexity index is 545. The molecule has 6 heteroatoms. The highest BCUT2D eigenvalue weighted by Gasteiger charge is 2.15. The number of rotatable bonds is 2. The maximum Gasteiger partial charge on any atom is 0.360 e. The predicted molar refractivity (Wildman–Crippen MR) is 61.8 cm³/mol. The molecule has 88 valence electrons. The van der Waals surface area contributed by atoms with Gasteiger partial charge in [-0.1, -0.05) is 6.07 Å². The summed E-state index contributed by atoms with van der Waals surface area (Å²) in [6.45, 7) is 1.94. The van der Waals surface area contributed by atoms with E-state index in [1.54, 1.807) is 12.3 Å². The van der Waals surface area contributed by atoms with Gasteiger partial charge in [-0.15, -0.1) is 0 Å². The lowest BCUT2D eigenvalue weighted by molar-refractivity contribution is 0.0594. The third kappa shape index (κ3) is 2.10. The van der Waals surface area contributed by atoms with E-state index in [0.717, 1.165) is 5.56 Å². The highest BCUT2D eigenvalue weighted by Crippen LogP contribution is 2.13. The van der Waals surface area contributed by atoms with Gasteiger partial charge in [0.2, 0.25) is 0 Å². The minimum absolute atomic E-state index is 0.0925. The molecule has 0 saturated carbocycles. The van der Waals surface area contributed by atoms with Crippen molar-refractivity contribution in [1.29, 1.82) is 0 Å². The zero-order valence-electron chi connectivity index (χ0n) is 9.54. The highest BCUT2D eigenvalue weighted by molar-refractivity contribution is 5.92. The first kappa shape index (κ1) is 11.1. The van der Waals surface area contributed by atoms with E-state index in [4.69, 9.17) is 5.73 Å². The normalized spacial score (nSPS) is 10.2. The lowest BCUT2D eigenvalue weighted by Gasteiger charge is -1.99. The molecule has 0 aliphatic carbocycles. The first-order valence-electron chi connectivity index (χ1n) is 4.98. The topological polar surface area (TPSA) is 83.0 Å². The molecule has 0 atom stereocenters. The Balaban J connectivity index is 2.41. The van der Waals surface area contributed by atoms with E-state index in [0.29, 0.717) is 5.82 Å². The van der Waals surface area contributed by atoms with E-state index in [2.05, 4.69) is 14.8 Å². The summed E-state index contributed by atoms with van der Waals surface area (Å²) in [6.07, 6.45) is 3.24. The molecule has 0 fully saturated rings. The number of ether oxygens (including phenoxy) is 1. The Morgan fingerprint density at radius 3 is 2.82 bits per heavy atom. The van der Waals surface area contributed by atoms with Gasteiger partial charge in [-0.2, -0.15) is 5.10 Å². The van der Waals surface area contributed by atoms with E-state index < -0.39 is 5.97 Å². The maximum absolute atomic E-state index is 11.3. The minimum Gasteiger partial charge on any atom is -0.464 e. The summed E-state index contributed by atoms with van der Waals surface area (Å²) in [5.41, 5.74) is 7.07. The van der Waals surface area contributed by atoms with Crippen LogP contribution in [0.25, 0.3) is 5.82 Å². The van der Waals surface area contributed by atoms with Crippen molar-refractivity contribution in [2.24, 2.45) is 0 Å².